The Morgan fingerprint density at radius 2 is 1.85 bits per heavy atom. The van der Waals surface area contributed by atoms with Crippen molar-refractivity contribution in [3.63, 3.8) is 0 Å². The van der Waals surface area contributed by atoms with Crippen molar-refractivity contribution in [1.82, 2.24) is 9.66 Å². The molecule has 5 nitrogen and oxygen atoms in total. The number of imidazole rings is 1. The number of fused-ring (bicyclic) bond motifs is 1. The number of aliphatic hydroxyl groups is 1. The zero-order valence-corrected chi connectivity index (χ0v) is 10.6. The molecule has 2 aromatic carbocycles. The number of hydrogen-bond donors (Lipinski definition) is 2. The number of aliphatic hydroxyl groups excluding tert-OH is 1. The molecule has 0 aliphatic heterocycles. The molecule has 100 valence electrons. The molecule has 0 saturated heterocycles. The van der Waals surface area contributed by atoms with E-state index < -0.39 is 0 Å². The second-order valence-corrected chi connectivity index (χ2v) is 4.29. The van der Waals surface area contributed by atoms with Gasteiger partial charge in [-0.05, 0) is 24.3 Å². The first kappa shape index (κ1) is 12.4. The van der Waals surface area contributed by atoms with Crippen LogP contribution >= 0.6 is 0 Å². The third-order valence-corrected chi connectivity index (χ3v) is 2.99. The zero-order valence-electron chi connectivity index (χ0n) is 10.6. The molecular formula is C15H13N3O2. The van der Waals surface area contributed by atoms with Gasteiger partial charge in [-0.15, -0.1) is 0 Å². The minimum Gasteiger partial charge on any atom is -0.507 e. The third-order valence-electron chi connectivity index (χ3n) is 2.99. The number of nitrogens with zero attached hydrogens (tertiary/aromatic N) is 3. The summed E-state index contributed by atoms with van der Waals surface area (Å²) in [5, 5.41) is 23.4. The first-order valence-electron chi connectivity index (χ1n) is 6.19. The van der Waals surface area contributed by atoms with Crippen LogP contribution in [0.15, 0.2) is 53.6 Å². The summed E-state index contributed by atoms with van der Waals surface area (Å²) in [6.07, 6.45) is 1.54. The second-order valence-electron chi connectivity index (χ2n) is 4.29. The summed E-state index contributed by atoms with van der Waals surface area (Å²) in [7, 11) is 0. The van der Waals surface area contributed by atoms with Crippen molar-refractivity contribution < 1.29 is 10.2 Å². The number of phenols is 1. The molecular weight excluding hydrogens is 254 g/mol. The summed E-state index contributed by atoms with van der Waals surface area (Å²) in [4.78, 5) is 4.30. The standard InChI is InChI=1S/C15H13N3O2/c19-10-15-17-12-6-2-3-7-13(12)18(15)16-9-11-5-1-4-8-14(11)20/h1-9,19-20H,10H2/b16-9-. The van der Waals surface area contributed by atoms with Crippen LogP contribution in [0.3, 0.4) is 0 Å². The normalized spacial score (nSPS) is 11.4. The predicted octanol–water partition coefficient (Wildman–Crippen LogP) is 2.12. The van der Waals surface area contributed by atoms with Gasteiger partial charge in [0.15, 0.2) is 5.82 Å². The van der Waals surface area contributed by atoms with Gasteiger partial charge < -0.3 is 10.2 Å². The van der Waals surface area contributed by atoms with Crippen LogP contribution in [0.5, 0.6) is 5.75 Å². The molecule has 0 spiro atoms. The van der Waals surface area contributed by atoms with Crippen molar-refractivity contribution in [1.29, 1.82) is 0 Å². The maximum absolute atomic E-state index is 9.71. The fourth-order valence-electron chi connectivity index (χ4n) is 2.01. The maximum Gasteiger partial charge on any atom is 0.156 e. The lowest BCUT2D eigenvalue weighted by molar-refractivity contribution is 0.267. The summed E-state index contributed by atoms with van der Waals surface area (Å²) in [5.41, 5.74) is 2.18. The summed E-state index contributed by atoms with van der Waals surface area (Å²) in [6.45, 7) is -0.202. The van der Waals surface area contributed by atoms with Gasteiger partial charge in [0.1, 0.15) is 12.4 Å². The number of aromatic hydroxyl groups is 1. The van der Waals surface area contributed by atoms with Crippen LogP contribution in [0.2, 0.25) is 0 Å². The van der Waals surface area contributed by atoms with Crippen molar-refractivity contribution in [3.8, 4) is 5.75 Å². The number of aromatic nitrogens is 2. The van der Waals surface area contributed by atoms with E-state index in [4.69, 9.17) is 0 Å². The predicted molar refractivity (Wildman–Crippen MR) is 76.8 cm³/mol. The van der Waals surface area contributed by atoms with Crippen molar-refractivity contribution in [2.75, 3.05) is 0 Å². The van der Waals surface area contributed by atoms with Crippen LogP contribution in [-0.2, 0) is 6.61 Å². The first-order valence-corrected chi connectivity index (χ1v) is 6.19. The molecule has 0 saturated carbocycles. The van der Waals surface area contributed by atoms with E-state index in [1.165, 1.54) is 0 Å². The van der Waals surface area contributed by atoms with Crippen LogP contribution in [0, 0.1) is 0 Å². The molecule has 0 unspecified atom stereocenters. The Bertz CT molecular complexity index is 778. The first-order chi connectivity index (χ1) is 9.79. The number of benzene rings is 2. The van der Waals surface area contributed by atoms with E-state index in [-0.39, 0.29) is 12.4 Å². The van der Waals surface area contributed by atoms with Crippen LogP contribution < -0.4 is 0 Å². The summed E-state index contributed by atoms with van der Waals surface area (Å²) in [5.74, 6) is 0.615. The Labute approximate surface area is 115 Å². The Kier molecular flexibility index (Phi) is 3.18. The van der Waals surface area contributed by atoms with Gasteiger partial charge in [0.05, 0.1) is 17.2 Å². The monoisotopic (exact) mass is 267 g/mol. The molecule has 0 atom stereocenters. The van der Waals surface area contributed by atoms with Gasteiger partial charge in [0.2, 0.25) is 0 Å². The SMILES string of the molecule is OCc1nc2ccccc2n1/N=C\c1ccccc1O. The van der Waals surface area contributed by atoms with E-state index in [0.717, 1.165) is 11.0 Å². The summed E-state index contributed by atoms with van der Waals surface area (Å²) < 4.78 is 1.57. The Balaban J connectivity index is 2.08. The van der Waals surface area contributed by atoms with Gasteiger partial charge >= 0.3 is 0 Å². The van der Waals surface area contributed by atoms with Crippen LogP contribution in [0.1, 0.15) is 11.4 Å². The van der Waals surface area contributed by atoms with E-state index >= 15 is 0 Å². The van der Waals surface area contributed by atoms with E-state index in [1.54, 1.807) is 29.1 Å². The number of rotatable bonds is 3. The summed E-state index contributed by atoms with van der Waals surface area (Å²) >= 11 is 0. The molecule has 5 heteroatoms. The average molecular weight is 267 g/mol. The van der Waals surface area contributed by atoms with Crippen LogP contribution in [0.4, 0.5) is 0 Å². The quantitative estimate of drug-likeness (QED) is 0.714. The minimum absolute atomic E-state index is 0.159. The molecule has 0 amide bonds. The van der Waals surface area contributed by atoms with Gasteiger partial charge in [-0.1, -0.05) is 24.3 Å². The Morgan fingerprint density at radius 1 is 1.10 bits per heavy atom. The number of para-hydroxylation sites is 3. The lowest BCUT2D eigenvalue weighted by atomic mass is 10.2. The van der Waals surface area contributed by atoms with E-state index in [9.17, 15) is 10.2 Å². The average Bonchev–Trinajstić information content (AvgIpc) is 2.84. The molecule has 1 heterocycles. The molecule has 0 radical (unpaired) electrons. The molecule has 0 aliphatic carbocycles. The lowest BCUT2D eigenvalue weighted by Crippen LogP contribution is -1.98. The number of hydrogen-bond acceptors (Lipinski definition) is 4. The third kappa shape index (κ3) is 2.15. The minimum atomic E-state index is -0.202. The second kappa shape index (κ2) is 5.14. The Morgan fingerprint density at radius 3 is 2.65 bits per heavy atom. The molecule has 0 bridgehead atoms. The highest BCUT2D eigenvalue weighted by molar-refractivity contribution is 5.84. The van der Waals surface area contributed by atoms with Gasteiger partial charge in [0, 0.05) is 5.56 Å². The van der Waals surface area contributed by atoms with Crippen molar-refractivity contribution in [3.05, 3.63) is 59.9 Å². The molecule has 1 aromatic heterocycles. The highest BCUT2D eigenvalue weighted by atomic mass is 16.3. The van der Waals surface area contributed by atoms with Crippen molar-refractivity contribution in [2.24, 2.45) is 5.10 Å². The number of phenolic OH excluding ortho intramolecular Hbond substituents is 1. The fraction of sp³-hybridized carbons (Fsp3) is 0.0667. The maximum atomic E-state index is 9.71. The van der Waals surface area contributed by atoms with Crippen LogP contribution in [-0.4, -0.2) is 26.1 Å². The van der Waals surface area contributed by atoms with Gasteiger partial charge in [-0.3, -0.25) is 0 Å². The summed E-state index contributed by atoms with van der Waals surface area (Å²) in [6, 6.07) is 14.4. The molecule has 0 fully saturated rings. The van der Waals surface area contributed by atoms with Gasteiger partial charge in [-0.2, -0.15) is 5.10 Å². The molecule has 2 N–H and O–H groups in total. The highest BCUT2D eigenvalue weighted by Gasteiger charge is 2.08. The molecule has 3 rings (SSSR count). The highest BCUT2D eigenvalue weighted by Crippen LogP contribution is 2.17. The molecule has 0 aliphatic rings. The van der Waals surface area contributed by atoms with Crippen molar-refractivity contribution in [2.45, 2.75) is 6.61 Å². The smallest absolute Gasteiger partial charge is 0.156 e. The van der Waals surface area contributed by atoms with Gasteiger partial charge in [0.25, 0.3) is 0 Å². The largest absolute Gasteiger partial charge is 0.507 e. The van der Waals surface area contributed by atoms with E-state index in [2.05, 4.69) is 10.1 Å². The van der Waals surface area contributed by atoms with Gasteiger partial charge in [-0.25, -0.2) is 9.66 Å². The lowest BCUT2D eigenvalue weighted by Gasteiger charge is -2.01. The van der Waals surface area contributed by atoms with E-state index in [1.807, 2.05) is 30.3 Å². The molecule has 3 aromatic rings. The van der Waals surface area contributed by atoms with E-state index in [0.29, 0.717) is 11.4 Å². The molecule has 20 heavy (non-hydrogen) atoms. The topological polar surface area (TPSA) is 70.6 Å². The zero-order chi connectivity index (χ0) is 13.9. The fourth-order valence-corrected chi connectivity index (χ4v) is 2.01. The van der Waals surface area contributed by atoms with Crippen molar-refractivity contribution >= 4 is 17.2 Å². The van der Waals surface area contributed by atoms with Crippen LogP contribution in [0.25, 0.3) is 11.0 Å². The Hall–Kier alpha value is -2.66.